The smallest absolute Gasteiger partial charge is 0.128 e. The second-order valence-electron chi connectivity index (χ2n) is 5.86. The first kappa shape index (κ1) is 17.8. The molecule has 0 aliphatic heterocycles. The molecule has 1 aromatic carbocycles. The first-order valence-electron chi connectivity index (χ1n) is 7.46. The molecule has 118 valence electrons. The number of benzene rings is 1. The molecule has 0 aromatic heterocycles. The minimum Gasteiger partial charge on any atom is -0.383 e. The summed E-state index contributed by atoms with van der Waals surface area (Å²) < 4.78 is 0. The summed E-state index contributed by atoms with van der Waals surface area (Å²) in [7, 11) is 0. The topological polar surface area (TPSA) is 50.4 Å². The molecule has 0 atom stereocenters. The van der Waals surface area contributed by atoms with Gasteiger partial charge in [-0.2, -0.15) is 0 Å². The number of allylic oxidation sites excluding steroid dienone is 3. The fourth-order valence-corrected chi connectivity index (χ4v) is 1.80. The minimum absolute atomic E-state index is 0.346. The van der Waals surface area contributed by atoms with Crippen molar-refractivity contribution in [2.45, 2.75) is 34.6 Å². The first-order chi connectivity index (χ1) is 10.2. The standard InChI is InChI=1S/C19H27N3/c1-12(2)16(6)21-17(7)22-19(20)15(5)14(4)18-10-8-13(3)9-11-18/h8-12H,4,6,20H2,1-3,5,7H3,(H,21,22)/b19-15+. The lowest BCUT2D eigenvalue weighted by molar-refractivity contribution is 0.729. The van der Waals surface area contributed by atoms with Crippen molar-refractivity contribution in [3.63, 3.8) is 0 Å². The number of nitrogens with one attached hydrogen (secondary N) is 1. The molecule has 3 nitrogen and oxygen atoms in total. The molecule has 0 amide bonds. The largest absolute Gasteiger partial charge is 0.383 e. The number of aliphatic imine (C=N–C) groups is 1. The zero-order valence-corrected chi connectivity index (χ0v) is 14.3. The van der Waals surface area contributed by atoms with Crippen LogP contribution in [0.5, 0.6) is 0 Å². The van der Waals surface area contributed by atoms with Gasteiger partial charge in [0.1, 0.15) is 11.7 Å². The van der Waals surface area contributed by atoms with Crippen molar-refractivity contribution in [2.24, 2.45) is 16.6 Å². The molecular formula is C19H27N3. The van der Waals surface area contributed by atoms with Crippen molar-refractivity contribution in [1.82, 2.24) is 5.32 Å². The third kappa shape index (κ3) is 4.92. The molecule has 0 saturated heterocycles. The number of hydrogen-bond acceptors (Lipinski definition) is 2. The first-order valence-corrected chi connectivity index (χ1v) is 7.46. The number of hydrogen-bond donors (Lipinski definition) is 2. The van der Waals surface area contributed by atoms with E-state index in [2.05, 4.69) is 56.4 Å². The lowest BCUT2D eigenvalue weighted by atomic mass is 10.00. The van der Waals surface area contributed by atoms with Crippen LogP contribution in [-0.2, 0) is 0 Å². The molecule has 0 fully saturated rings. The summed E-state index contributed by atoms with van der Waals surface area (Å²) in [5.74, 6) is 1.54. The Hall–Kier alpha value is -2.29. The molecule has 0 aliphatic carbocycles. The molecule has 3 heteroatoms. The van der Waals surface area contributed by atoms with E-state index in [1.165, 1.54) is 5.56 Å². The average molecular weight is 297 g/mol. The van der Waals surface area contributed by atoms with E-state index < -0.39 is 0 Å². The van der Waals surface area contributed by atoms with Gasteiger partial charge in [0.2, 0.25) is 0 Å². The van der Waals surface area contributed by atoms with Crippen LogP contribution < -0.4 is 11.1 Å². The van der Waals surface area contributed by atoms with Crippen LogP contribution in [0, 0.1) is 12.8 Å². The van der Waals surface area contributed by atoms with Crippen LogP contribution >= 0.6 is 0 Å². The molecule has 0 spiro atoms. The number of aryl methyl sites for hydroxylation is 1. The van der Waals surface area contributed by atoms with Crippen LogP contribution in [0.15, 0.2) is 59.5 Å². The maximum atomic E-state index is 6.10. The van der Waals surface area contributed by atoms with Gasteiger partial charge >= 0.3 is 0 Å². The van der Waals surface area contributed by atoms with Crippen molar-refractivity contribution >= 4 is 11.4 Å². The Balaban J connectivity index is 2.94. The van der Waals surface area contributed by atoms with E-state index >= 15 is 0 Å². The van der Waals surface area contributed by atoms with E-state index in [-0.39, 0.29) is 0 Å². The Morgan fingerprint density at radius 1 is 1.14 bits per heavy atom. The molecule has 0 radical (unpaired) electrons. The van der Waals surface area contributed by atoms with Crippen LogP contribution in [0.2, 0.25) is 0 Å². The molecular weight excluding hydrogens is 270 g/mol. The van der Waals surface area contributed by atoms with Gasteiger partial charge in [0, 0.05) is 5.70 Å². The van der Waals surface area contributed by atoms with Gasteiger partial charge in [-0.15, -0.1) is 0 Å². The highest BCUT2D eigenvalue weighted by atomic mass is 15.0. The SMILES string of the molecule is C=C(/C(C)=C(N)/N=C(/C)NC(=C)C(C)C)c1ccc(C)cc1. The zero-order valence-electron chi connectivity index (χ0n) is 14.3. The highest BCUT2D eigenvalue weighted by molar-refractivity contribution is 5.83. The van der Waals surface area contributed by atoms with E-state index in [1.54, 1.807) is 0 Å². The van der Waals surface area contributed by atoms with Crippen LogP contribution in [-0.4, -0.2) is 5.84 Å². The molecule has 1 rings (SSSR count). The second-order valence-corrected chi connectivity index (χ2v) is 5.86. The molecule has 0 bridgehead atoms. The molecule has 0 saturated carbocycles. The molecule has 3 N–H and O–H groups in total. The Kier molecular flexibility index (Phi) is 6.17. The Morgan fingerprint density at radius 3 is 2.18 bits per heavy atom. The van der Waals surface area contributed by atoms with Crippen molar-refractivity contribution in [1.29, 1.82) is 0 Å². The summed E-state index contributed by atoms with van der Waals surface area (Å²) >= 11 is 0. The van der Waals surface area contributed by atoms with Gasteiger partial charge in [-0.05, 0) is 43.4 Å². The number of amidine groups is 1. The third-order valence-corrected chi connectivity index (χ3v) is 3.56. The van der Waals surface area contributed by atoms with Gasteiger partial charge in [0.25, 0.3) is 0 Å². The van der Waals surface area contributed by atoms with Gasteiger partial charge in [0.15, 0.2) is 0 Å². The van der Waals surface area contributed by atoms with Crippen LogP contribution in [0.4, 0.5) is 0 Å². The van der Waals surface area contributed by atoms with Gasteiger partial charge in [0.05, 0.1) is 0 Å². The van der Waals surface area contributed by atoms with Crippen LogP contribution in [0.1, 0.15) is 38.8 Å². The Labute approximate surface area is 134 Å². The van der Waals surface area contributed by atoms with Crippen molar-refractivity contribution in [2.75, 3.05) is 0 Å². The molecule has 1 aromatic rings. The van der Waals surface area contributed by atoms with Crippen molar-refractivity contribution in [3.05, 3.63) is 65.6 Å². The minimum atomic E-state index is 0.346. The van der Waals surface area contributed by atoms with E-state index in [1.807, 2.05) is 26.0 Å². The number of nitrogens with zero attached hydrogens (tertiary/aromatic N) is 1. The maximum absolute atomic E-state index is 6.10. The lowest BCUT2D eigenvalue weighted by Gasteiger charge is -2.13. The van der Waals surface area contributed by atoms with Crippen LogP contribution in [0.25, 0.3) is 5.57 Å². The third-order valence-electron chi connectivity index (χ3n) is 3.56. The van der Waals surface area contributed by atoms with Gasteiger partial charge < -0.3 is 11.1 Å². The predicted octanol–water partition coefficient (Wildman–Crippen LogP) is 4.38. The lowest BCUT2D eigenvalue weighted by Crippen LogP contribution is -2.23. The van der Waals surface area contributed by atoms with E-state index in [0.29, 0.717) is 11.7 Å². The van der Waals surface area contributed by atoms with Crippen LogP contribution in [0.3, 0.4) is 0 Å². The number of rotatable bonds is 5. The maximum Gasteiger partial charge on any atom is 0.128 e. The highest BCUT2D eigenvalue weighted by Crippen LogP contribution is 2.22. The monoisotopic (exact) mass is 297 g/mol. The van der Waals surface area contributed by atoms with Gasteiger partial charge in [-0.1, -0.05) is 56.8 Å². The normalized spacial score (nSPS) is 12.9. The van der Waals surface area contributed by atoms with Crippen molar-refractivity contribution < 1.29 is 0 Å². The molecule has 0 aliphatic rings. The summed E-state index contributed by atoms with van der Waals surface area (Å²) in [6.07, 6.45) is 0. The molecule has 22 heavy (non-hydrogen) atoms. The summed E-state index contributed by atoms with van der Waals surface area (Å²) in [6.45, 7) is 18.1. The fraction of sp³-hybridized carbons (Fsp3) is 0.316. The average Bonchev–Trinajstić information content (AvgIpc) is 2.46. The second kappa shape index (κ2) is 7.64. The quantitative estimate of drug-likeness (QED) is 0.481. The summed E-state index contributed by atoms with van der Waals surface area (Å²) in [4.78, 5) is 4.40. The number of nitrogens with two attached hydrogens (primary N) is 1. The Morgan fingerprint density at radius 2 is 1.68 bits per heavy atom. The van der Waals surface area contributed by atoms with Gasteiger partial charge in [-0.3, -0.25) is 0 Å². The fourth-order valence-electron chi connectivity index (χ4n) is 1.80. The van der Waals surface area contributed by atoms with Gasteiger partial charge in [-0.25, -0.2) is 4.99 Å². The van der Waals surface area contributed by atoms with E-state index in [9.17, 15) is 0 Å². The van der Waals surface area contributed by atoms with E-state index in [4.69, 9.17) is 5.73 Å². The van der Waals surface area contributed by atoms with Crippen molar-refractivity contribution in [3.8, 4) is 0 Å². The highest BCUT2D eigenvalue weighted by Gasteiger charge is 2.06. The Bertz CT molecular complexity index is 617. The molecule has 0 heterocycles. The zero-order chi connectivity index (χ0) is 16.9. The van der Waals surface area contributed by atoms with E-state index in [0.717, 1.165) is 28.2 Å². The molecule has 0 unspecified atom stereocenters. The summed E-state index contributed by atoms with van der Waals surface area (Å²) in [5, 5.41) is 3.16. The summed E-state index contributed by atoms with van der Waals surface area (Å²) in [6, 6.07) is 8.22. The predicted molar refractivity (Wildman–Crippen MR) is 97.3 cm³/mol. The summed E-state index contributed by atoms with van der Waals surface area (Å²) in [5.41, 5.74) is 11.1.